The van der Waals surface area contributed by atoms with Gasteiger partial charge >= 0.3 is 0 Å². The van der Waals surface area contributed by atoms with Crippen molar-refractivity contribution < 1.29 is 9.63 Å². The number of hydrogen-bond donors (Lipinski definition) is 0. The fourth-order valence-electron chi connectivity index (χ4n) is 2.46. The number of fused-ring (bicyclic) bond motifs is 2. The summed E-state index contributed by atoms with van der Waals surface area (Å²) in [7, 11) is 0. The molecule has 1 atom stereocenters. The van der Waals surface area contributed by atoms with Gasteiger partial charge in [0.1, 0.15) is 0 Å². The Morgan fingerprint density at radius 2 is 2.13 bits per heavy atom. The topological polar surface area (TPSA) is 38.7 Å². The third-order valence-corrected chi connectivity index (χ3v) is 3.08. The molecule has 3 nitrogen and oxygen atoms in total. The van der Waals surface area contributed by atoms with Crippen LogP contribution in [-0.2, 0) is 10.4 Å². The average molecular weight is 201 g/mol. The van der Waals surface area contributed by atoms with Crippen molar-refractivity contribution in [3.05, 3.63) is 35.4 Å². The van der Waals surface area contributed by atoms with Crippen LogP contribution in [0.2, 0.25) is 0 Å². The Morgan fingerprint density at radius 1 is 1.33 bits per heavy atom. The normalized spacial score (nSPS) is 27.8. The summed E-state index contributed by atoms with van der Waals surface area (Å²) in [5.41, 5.74) is 2.26. The van der Waals surface area contributed by atoms with E-state index in [1.165, 1.54) is 0 Å². The van der Waals surface area contributed by atoms with Gasteiger partial charge in [-0.05, 0) is 6.92 Å². The quantitative estimate of drug-likeness (QED) is 0.645. The molecule has 76 valence electrons. The fraction of sp³-hybridized carbons (Fsp3) is 0.333. The van der Waals surface area contributed by atoms with Gasteiger partial charge in [-0.3, -0.25) is 4.79 Å². The first kappa shape index (κ1) is 8.65. The lowest BCUT2D eigenvalue weighted by molar-refractivity contribution is -0.0185. The predicted molar refractivity (Wildman–Crippen MR) is 55.9 cm³/mol. The summed E-state index contributed by atoms with van der Waals surface area (Å²) >= 11 is 0. The monoisotopic (exact) mass is 201 g/mol. The number of carbonyl (C=O) groups excluding carboxylic acids is 1. The first-order valence-electron chi connectivity index (χ1n) is 5.06. The standard InChI is InChI=1S/C12H11NO2/c1-8-6-12(15-13-8)7-11(14)9-4-2-3-5-10(9)12/h2-5H,6-7H2,1H3. The van der Waals surface area contributed by atoms with Crippen LogP contribution < -0.4 is 0 Å². The molecule has 1 aliphatic heterocycles. The fourth-order valence-corrected chi connectivity index (χ4v) is 2.46. The molecule has 3 rings (SSSR count). The third-order valence-electron chi connectivity index (χ3n) is 3.08. The van der Waals surface area contributed by atoms with Crippen molar-refractivity contribution in [1.29, 1.82) is 0 Å². The first-order valence-corrected chi connectivity index (χ1v) is 5.06. The number of nitrogens with zero attached hydrogens (tertiary/aromatic N) is 1. The first-order chi connectivity index (χ1) is 7.21. The van der Waals surface area contributed by atoms with Gasteiger partial charge in [0.25, 0.3) is 0 Å². The van der Waals surface area contributed by atoms with Gasteiger partial charge in [0.15, 0.2) is 11.4 Å². The molecule has 1 unspecified atom stereocenters. The van der Waals surface area contributed by atoms with Gasteiger partial charge < -0.3 is 4.84 Å². The van der Waals surface area contributed by atoms with Crippen molar-refractivity contribution in [2.45, 2.75) is 25.4 Å². The summed E-state index contributed by atoms with van der Waals surface area (Å²) in [6.45, 7) is 1.93. The highest BCUT2D eigenvalue weighted by Gasteiger charge is 2.48. The predicted octanol–water partition coefficient (Wildman–Crippen LogP) is 2.26. The molecule has 0 radical (unpaired) electrons. The SMILES string of the molecule is CC1=NOC2(CC(=O)c3ccccc32)C1. The van der Waals surface area contributed by atoms with E-state index in [1.54, 1.807) is 0 Å². The second-order valence-electron chi connectivity index (χ2n) is 4.23. The van der Waals surface area contributed by atoms with E-state index >= 15 is 0 Å². The summed E-state index contributed by atoms with van der Waals surface area (Å²) in [5.74, 6) is 0.163. The Kier molecular flexibility index (Phi) is 1.55. The zero-order valence-corrected chi connectivity index (χ0v) is 8.49. The summed E-state index contributed by atoms with van der Waals surface area (Å²) in [5, 5.41) is 3.97. The lowest BCUT2D eigenvalue weighted by atomic mass is 9.91. The molecular weight excluding hydrogens is 190 g/mol. The number of rotatable bonds is 0. The molecular formula is C12H11NO2. The van der Waals surface area contributed by atoms with E-state index in [1.807, 2.05) is 31.2 Å². The van der Waals surface area contributed by atoms with Crippen LogP contribution in [0, 0.1) is 0 Å². The molecule has 0 fully saturated rings. The second kappa shape index (κ2) is 2.69. The molecule has 3 heteroatoms. The summed E-state index contributed by atoms with van der Waals surface area (Å²) in [6.07, 6.45) is 1.16. The van der Waals surface area contributed by atoms with E-state index in [0.29, 0.717) is 6.42 Å². The Hall–Kier alpha value is -1.64. The maximum absolute atomic E-state index is 11.8. The second-order valence-corrected chi connectivity index (χ2v) is 4.23. The van der Waals surface area contributed by atoms with Crippen molar-refractivity contribution in [2.24, 2.45) is 5.16 Å². The average Bonchev–Trinajstić information content (AvgIpc) is 2.72. The molecule has 0 bridgehead atoms. The molecule has 0 saturated heterocycles. The van der Waals surface area contributed by atoms with Crippen molar-refractivity contribution in [2.75, 3.05) is 0 Å². The van der Waals surface area contributed by atoms with E-state index in [9.17, 15) is 4.79 Å². The van der Waals surface area contributed by atoms with Gasteiger partial charge in [0, 0.05) is 17.5 Å². The number of oxime groups is 1. The molecule has 1 spiro atoms. The highest BCUT2D eigenvalue weighted by atomic mass is 16.7. The molecule has 0 amide bonds. The van der Waals surface area contributed by atoms with Crippen molar-refractivity contribution in [3.8, 4) is 0 Å². The van der Waals surface area contributed by atoms with Crippen LogP contribution in [0.25, 0.3) is 0 Å². The van der Waals surface area contributed by atoms with E-state index in [4.69, 9.17) is 4.84 Å². The summed E-state index contributed by atoms with van der Waals surface area (Å²) < 4.78 is 0. The van der Waals surface area contributed by atoms with Crippen LogP contribution in [0.3, 0.4) is 0 Å². The molecule has 1 heterocycles. The van der Waals surface area contributed by atoms with E-state index in [2.05, 4.69) is 5.16 Å². The number of Topliss-reactive ketones (excluding diaryl/α,β-unsaturated/α-hetero) is 1. The van der Waals surface area contributed by atoms with Crippen LogP contribution >= 0.6 is 0 Å². The third kappa shape index (κ3) is 1.06. The lowest BCUT2D eigenvalue weighted by Crippen LogP contribution is -2.22. The molecule has 1 aromatic rings. The molecule has 1 aromatic carbocycles. The van der Waals surface area contributed by atoms with Crippen molar-refractivity contribution in [1.82, 2.24) is 0 Å². The van der Waals surface area contributed by atoms with Gasteiger partial charge in [-0.2, -0.15) is 0 Å². The van der Waals surface area contributed by atoms with Crippen LogP contribution in [-0.4, -0.2) is 11.5 Å². The minimum atomic E-state index is -0.488. The number of ketones is 1. The number of benzene rings is 1. The van der Waals surface area contributed by atoms with Crippen LogP contribution in [0.4, 0.5) is 0 Å². The number of hydrogen-bond acceptors (Lipinski definition) is 3. The highest BCUT2D eigenvalue weighted by Crippen LogP contribution is 2.45. The maximum atomic E-state index is 11.8. The zero-order chi connectivity index (χ0) is 10.5. The molecule has 0 aromatic heterocycles. The van der Waals surface area contributed by atoms with Crippen molar-refractivity contribution in [3.63, 3.8) is 0 Å². The smallest absolute Gasteiger partial charge is 0.175 e. The Balaban J connectivity index is 2.13. The van der Waals surface area contributed by atoms with Gasteiger partial charge in [0.2, 0.25) is 0 Å². The minimum Gasteiger partial charge on any atom is -0.384 e. The summed E-state index contributed by atoms with van der Waals surface area (Å²) in [6, 6.07) is 7.66. The Labute approximate surface area is 87.7 Å². The molecule has 0 saturated carbocycles. The molecule has 15 heavy (non-hydrogen) atoms. The van der Waals surface area contributed by atoms with Crippen LogP contribution in [0.1, 0.15) is 35.7 Å². The van der Waals surface area contributed by atoms with E-state index in [0.717, 1.165) is 23.3 Å². The lowest BCUT2D eigenvalue weighted by Gasteiger charge is -2.20. The molecule has 2 aliphatic rings. The van der Waals surface area contributed by atoms with Gasteiger partial charge in [0.05, 0.1) is 12.1 Å². The Morgan fingerprint density at radius 3 is 2.87 bits per heavy atom. The van der Waals surface area contributed by atoms with Crippen molar-refractivity contribution >= 4 is 11.5 Å². The Bertz CT molecular complexity index is 478. The highest BCUT2D eigenvalue weighted by molar-refractivity contribution is 6.03. The molecule has 0 N–H and O–H groups in total. The van der Waals surface area contributed by atoms with Gasteiger partial charge in [-0.25, -0.2) is 0 Å². The number of carbonyl (C=O) groups is 1. The minimum absolute atomic E-state index is 0.163. The largest absolute Gasteiger partial charge is 0.384 e. The maximum Gasteiger partial charge on any atom is 0.175 e. The summed E-state index contributed by atoms with van der Waals surface area (Å²) in [4.78, 5) is 17.3. The van der Waals surface area contributed by atoms with E-state index < -0.39 is 5.60 Å². The van der Waals surface area contributed by atoms with E-state index in [-0.39, 0.29) is 5.78 Å². The van der Waals surface area contributed by atoms with Gasteiger partial charge in [-0.15, -0.1) is 0 Å². The van der Waals surface area contributed by atoms with Gasteiger partial charge in [-0.1, -0.05) is 29.4 Å². The zero-order valence-electron chi connectivity index (χ0n) is 8.49. The van der Waals surface area contributed by atoms with Crippen LogP contribution in [0.5, 0.6) is 0 Å². The molecule has 1 aliphatic carbocycles. The van der Waals surface area contributed by atoms with Crippen LogP contribution in [0.15, 0.2) is 29.4 Å².